The molecule has 0 aliphatic heterocycles. The lowest BCUT2D eigenvalue weighted by atomic mass is 9.81. The maximum absolute atomic E-state index is 10.7. The first-order valence-corrected chi connectivity index (χ1v) is 13.9. The van der Waals surface area contributed by atoms with Crippen LogP contribution in [0.25, 0.3) is 48.8 Å². The third-order valence-corrected chi connectivity index (χ3v) is 8.22. The van der Waals surface area contributed by atoms with E-state index in [4.69, 9.17) is 0 Å². The molecule has 1 atom stereocenters. The first kappa shape index (κ1) is 25.5. The fourth-order valence-electron chi connectivity index (χ4n) is 6.81. The second-order valence-corrected chi connectivity index (χ2v) is 11.1. The van der Waals surface area contributed by atoms with Crippen molar-refractivity contribution in [3.63, 3.8) is 0 Å². The molecule has 2 nitrogen and oxygen atoms in total. The first-order chi connectivity index (χ1) is 19.4. The van der Waals surface area contributed by atoms with Crippen molar-refractivity contribution in [2.24, 2.45) is 0 Å². The van der Waals surface area contributed by atoms with E-state index in [9.17, 15) is 5.39 Å². The van der Waals surface area contributed by atoms with Crippen LogP contribution in [0.15, 0.2) is 103 Å². The fraction of sp³-hybridized carbons (Fsp3) is 0.158. The average Bonchev–Trinajstić information content (AvgIpc) is 2.94. The Morgan fingerprint density at radius 3 is 1.45 bits per heavy atom. The Morgan fingerprint density at radius 1 is 0.500 bits per heavy atom. The second-order valence-electron chi connectivity index (χ2n) is 11.1. The number of hydrogen-bond acceptors (Lipinski definition) is 1. The third-order valence-electron chi connectivity index (χ3n) is 8.22. The highest BCUT2D eigenvalue weighted by molar-refractivity contribution is 6.16. The van der Waals surface area contributed by atoms with E-state index < -0.39 is 6.04 Å². The van der Waals surface area contributed by atoms with Crippen LogP contribution in [0.5, 0.6) is 0 Å². The number of diazo groups is 1. The topological polar surface area (TPSA) is 28.1 Å². The van der Waals surface area contributed by atoms with Crippen LogP contribution in [0.4, 0.5) is 0 Å². The minimum absolute atomic E-state index is 0.522. The van der Waals surface area contributed by atoms with Gasteiger partial charge in [0.05, 0.1) is 5.56 Å². The maximum Gasteiger partial charge on any atom is 0.365 e. The van der Waals surface area contributed by atoms with Gasteiger partial charge < -0.3 is 0 Å². The summed E-state index contributed by atoms with van der Waals surface area (Å²) in [5.41, 5.74) is 13.1. The van der Waals surface area contributed by atoms with Crippen LogP contribution in [0.2, 0.25) is 0 Å². The second kappa shape index (κ2) is 10.1. The van der Waals surface area contributed by atoms with Gasteiger partial charge in [-0.1, -0.05) is 96.6 Å². The first-order valence-electron chi connectivity index (χ1n) is 13.9. The zero-order valence-electron chi connectivity index (χ0n) is 23.8. The van der Waals surface area contributed by atoms with Gasteiger partial charge in [-0.25, -0.2) is 0 Å². The number of benzene rings is 6. The van der Waals surface area contributed by atoms with Crippen molar-refractivity contribution in [2.45, 2.75) is 40.7 Å². The molecular weight excluding hydrogens is 484 g/mol. The van der Waals surface area contributed by atoms with Gasteiger partial charge in [-0.05, 0) is 113 Å². The zero-order chi connectivity index (χ0) is 28.0. The lowest BCUT2D eigenvalue weighted by Crippen LogP contribution is -2.03. The van der Waals surface area contributed by atoms with Crippen molar-refractivity contribution in [3.8, 4) is 22.3 Å². The summed E-state index contributed by atoms with van der Waals surface area (Å²) < 4.78 is 0. The molecule has 0 saturated heterocycles. The molecule has 2 heteroatoms. The summed E-state index contributed by atoms with van der Waals surface area (Å²) in [6.45, 7) is 10.9. The molecule has 0 bridgehead atoms. The van der Waals surface area contributed by atoms with Gasteiger partial charge in [-0.3, -0.25) is 0 Å². The van der Waals surface area contributed by atoms with E-state index in [2.05, 4.69) is 137 Å². The van der Waals surface area contributed by atoms with E-state index in [0.29, 0.717) is 0 Å². The molecule has 1 unspecified atom stereocenters. The molecule has 0 spiro atoms. The molecule has 0 aliphatic carbocycles. The third kappa shape index (κ3) is 4.16. The van der Waals surface area contributed by atoms with Crippen LogP contribution < -0.4 is 0 Å². The fourth-order valence-corrected chi connectivity index (χ4v) is 6.81. The molecule has 6 aromatic rings. The minimum atomic E-state index is -0.522. The highest BCUT2D eigenvalue weighted by Crippen LogP contribution is 2.46. The number of fused-ring (bicyclic) bond motifs is 2. The van der Waals surface area contributed by atoms with Crippen LogP contribution in [0.1, 0.15) is 45.0 Å². The summed E-state index contributed by atoms with van der Waals surface area (Å²) in [6.07, 6.45) is 0. The van der Waals surface area contributed by atoms with Gasteiger partial charge >= 0.3 is 6.04 Å². The van der Waals surface area contributed by atoms with E-state index in [-0.39, 0.29) is 0 Å². The van der Waals surface area contributed by atoms with Gasteiger partial charge in [0.2, 0.25) is 5.39 Å². The summed E-state index contributed by atoms with van der Waals surface area (Å²) in [5.74, 6) is 0. The molecule has 6 rings (SSSR count). The van der Waals surface area contributed by atoms with E-state index in [1.54, 1.807) is 0 Å². The van der Waals surface area contributed by atoms with Crippen LogP contribution in [-0.2, 0) is 0 Å². The predicted octanol–water partition coefficient (Wildman–Crippen LogP) is 10.8. The Morgan fingerprint density at radius 2 is 0.950 bits per heavy atom. The average molecular weight is 518 g/mol. The summed E-state index contributed by atoms with van der Waals surface area (Å²) in [5, 5.41) is 15.2. The van der Waals surface area contributed by atoms with E-state index >= 15 is 0 Å². The summed E-state index contributed by atoms with van der Waals surface area (Å²) >= 11 is 0. The molecule has 0 aliphatic rings. The van der Waals surface area contributed by atoms with Gasteiger partial charge in [0.15, 0.2) is 0 Å². The highest BCUT2D eigenvalue weighted by atomic mass is 14.9. The van der Waals surface area contributed by atoms with Gasteiger partial charge in [-0.2, -0.15) is 0 Å². The molecule has 0 fully saturated rings. The van der Waals surface area contributed by atoms with Crippen molar-refractivity contribution >= 4 is 21.5 Å². The van der Waals surface area contributed by atoms with E-state index in [1.165, 1.54) is 60.8 Å². The lowest BCUT2D eigenvalue weighted by Gasteiger charge is -2.20. The van der Waals surface area contributed by atoms with Crippen LogP contribution in [0.3, 0.4) is 0 Å². The Kier molecular flexibility index (Phi) is 6.45. The molecule has 0 heterocycles. The van der Waals surface area contributed by atoms with Gasteiger partial charge in [0.25, 0.3) is 0 Å². The highest BCUT2D eigenvalue weighted by Gasteiger charge is 2.32. The number of nitrogens with zero attached hydrogens (tertiary/aromatic N) is 2. The SMILES string of the molecule is Cc1cc(C)c(-c2c3ccccc3c(C([N+]#N)c3cc(C)c(-c4ccccc4)c(C)c3)c3ccccc23)c(C)c1. The van der Waals surface area contributed by atoms with E-state index in [0.717, 1.165) is 21.9 Å². The number of hydrogen-bond donors (Lipinski definition) is 0. The molecule has 0 amide bonds. The molecule has 0 radical (unpaired) electrons. The molecule has 0 N–H and O–H groups in total. The predicted molar refractivity (Wildman–Crippen MR) is 169 cm³/mol. The Labute approximate surface area is 236 Å². The monoisotopic (exact) mass is 517 g/mol. The number of rotatable bonds is 4. The smallest absolute Gasteiger partial charge is 0.0622 e. The molecule has 0 saturated carbocycles. The van der Waals surface area contributed by atoms with Crippen LogP contribution in [-0.4, -0.2) is 0 Å². The zero-order valence-corrected chi connectivity index (χ0v) is 23.8. The largest absolute Gasteiger partial charge is 0.365 e. The van der Waals surface area contributed by atoms with Crippen molar-refractivity contribution in [1.82, 2.24) is 0 Å². The summed E-state index contributed by atoms with van der Waals surface area (Å²) in [4.78, 5) is 4.06. The number of aryl methyl sites for hydroxylation is 5. The normalized spacial score (nSPS) is 12.0. The molecular formula is C38H33N2+. The Balaban J connectivity index is 1.66. The van der Waals surface area contributed by atoms with Gasteiger partial charge in [0, 0.05) is 5.56 Å². The lowest BCUT2D eigenvalue weighted by molar-refractivity contribution is 1.00. The minimum Gasteiger partial charge on any atom is -0.0622 e. The molecule has 40 heavy (non-hydrogen) atoms. The van der Waals surface area contributed by atoms with Crippen LogP contribution >= 0.6 is 0 Å². The van der Waals surface area contributed by atoms with Gasteiger partial charge in [-0.15, -0.1) is 0 Å². The van der Waals surface area contributed by atoms with Gasteiger partial charge in [0.1, 0.15) is 4.98 Å². The molecule has 0 aromatic heterocycles. The quantitative estimate of drug-likeness (QED) is 0.169. The molecule has 6 aromatic carbocycles. The summed E-state index contributed by atoms with van der Waals surface area (Å²) in [7, 11) is 0. The Bertz CT molecular complexity index is 1860. The van der Waals surface area contributed by atoms with Crippen molar-refractivity contribution < 1.29 is 0 Å². The van der Waals surface area contributed by atoms with Crippen molar-refractivity contribution in [1.29, 1.82) is 5.39 Å². The summed E-state index contributed by atoms with van der Waals surface area (Å²) in [6, 6.07) is 36.0. The van der Waals surface area contributed by atoms with Crippen LogP contribution in [0, 0.1) is 40.0 Å². The maximum atomic E-state index is 10.7. The van der Waals surface area contributed by atoms with Crippen molar-refractivity contribution in [2.75, 3.05) is 0 Å². The molecule has 194 valence electrons. The Hall–Kier alpha value is -4.74. The standard InChI is InChI=1S/C38H33N2/c1-23-19-24(2)35(25(3)20-23)36-30-15-9-11-17-32(30)37(33-18-12-10-16-31(33)36)38(40-39)29-21-26(4)34(27(5)22-29)28-13-7-6-8-14-28/h6-22,38H,1-5H3/q+1. The van der Waals surface area contributed by atoms with E-state index in [1.807, 2.05) is 6.07 Å². The van der Waals surface area contributed by atoms with Crippen molar-refractivity contribution in [3.05, 3.63) is 147 Å².